The van der Waals surface area contributed by atoms with Crippen LogP contribution in [-0.4, -0.2) is 63.9 Å². The van der Waals surface area contributed by atoms with Gasteiger partial charge in [0.2, 0.25) is 0 Å². The summed E-state index contributed by atoms with van der Waals surface area (Å²) >= 11 is 0. The molecule has 0 unspecified atom stereocenters. The molecule has 31 heavy (non-hydrogen) atoms. The molecule has 1 fully saturated rings. The van der Waals surface area contributed by atoms with Crippen LogP contribution in [0.2, 0.25) is 0 Å². The van der Waals surface area contributed by atoms with E-state index in [1.807, 2.05) is 18.2 Å². The Morgan fingerprint density at radius 3 is 2.77 bits per heavy atom. The van der Waals surface area contributed by atoms with Gasteiger partial charge < -0.3 is 14.2 Å². The molecule has 4 heterocycles. The summed E-state index contributed by atoms with van der Waals surface area (Å²) in [5.41, 5.74) is 3.26. The summed E-state index contributed by atoms with van der Waals surface area (Å²) in [5.74, 6) is 1.21. The Bertz CT molecular complexity index is 1110. The average Bonchev–Trinajstić information content (AvgIpc) is 3.22. The summed E-state index contributed by atoms with van der Waals surface area (Å²) in [7, 11) is 1.63. The monoisotopic (exact) mass is 422 g/mol. The largest absolute Gasteiger partial charge is 0.383 e. The maximum absolute atomic E-state index is 12.7. The molecule has 2 aliphatic rings. The number of benzene rings is 1. The third kappa shape index (κ3) is 4.09. The molecule has 164 valence electrons. The molecule has 0 radical (unpaired) electrons. The molecule has 0 N–H and O–H groups in total. The minimum Gasteiger partial charge on any atom is -0.383 e. The Hall–Kier alpha value is -2.71. The third-order valence-corrected chi connectivity index (χ3v) is 6.53. The van der Waals surface area contributed by atoms with E-state index in [0.29, 0.717) is 18.5 Å². The van der Waals surface area contributed by atoms with Gasteiger partial charge in [0.25, 0.3) is 5.56 Å². The number of hydrogen-bond donors (Lipinski definition) is 0. The Morgan fingerprint density at radius 2 is 1.94 bits per heavy atom. The highest BCUT2D eigenvalue weighted by molar-refractivity contribution is 5.81. The fourth-order valence-electron chi connectivity index (χ4n) is 4.69. The molecular formula is C23H30N6O2. The molecule has 0 saturated carbocycles. The minimum absolute atomic E-state index is 0.0125. The molecule has 3 aromatic rings. The van der Waals surface area contributed by atoms with Crippen molar-refractivity contribution in [3.63, 3.8) is 0 Å². The van der Waals surface area contributed by atoms with Crippen molar-refractivity contribution in [1.29, 1.82) is 0 Å². The molecule has 2 aromatic heterocycles. The van der Waals surface area contributed by atoms with Crippen LogP contribution < -0.4 is 10.5 Å². The molecule has 0 amide bonds. The number of piperazine rings is 1. The molecule has 2 aliphatic heterocycles. The second-order valence-corrected chi connectivity index (χ2v) is 8.48. The van der Waals surface area contributed by atoms with Crippen molar-refractivity contribution < 1.29 is 4.74 Å². The van der Waals surface area contributed by atoms with Crippen LogP contribution in [0.3, 0.4) is 0 Å². The van der Waals surface area contributed by atoms with Crippen LogP contribution >= 0.6 is 0 Å². The number of aromatic nitrogens is 4. The molecule has 0 spiro atoms. The summed E-state index contributed by atoms with van der Waals surface area (Å²) in [6.45, 7) is 6.99. The van der Waals surface area contributed by atoms with Crippen LogP contribution in [-0.2, 0) is 30.8 Å². The lowest BCUT2D eigenvalue weighted by molar-refractivity contribution is 0.186. The first-order valence-corrected chi connectivity index (χ1v) is 11.2. The minimum atomic E-state index is -0.0125. The van der Waals surface area contributed by atoms with E-state index in [0.717, 1.165) is 56.9 Å². The lowest BCUT2D eigenvalue weighted by Crippen LogP contribution is -2.46. The highest BCUT2D eigenvalue weighted by Crippen LogP contribution is 2.22. The molecular weight excluding hydrogens is 392 g/mol. The molecule has 5 rings (SSSR count). The van der Waals surface area contributed by atoms with Gasteiger partial charge in [-0.05, 0) is 37.5 Å². The van der Waals surface area contributed by atoms with Crippen LogP contribution in [0.5, 0.6) is 0 Å². The van der Waals surface area contributed by atoms with Gasteiger partial charge in [-0.3, -0.25) is 14.3 Å². The smallest absolute Gasteiger partial charge is 0.261 e. The van der Waals surface area contributed by atoms with Gasteiger partial charge in [-0.15, -0.1) is 0 Å². The maximum atomic E-state index is 12.7. The van der Waals surface area contributed by atoms with E-state index in [1.165, 1.54) is 24.4 Å². The van der Waals surface area contributed by atoms with E-state index in [1.54, 1.807) is 18.0 Å². The van der Waals surface area contributed by atoms with Gasteiger partial charge in [-0.1, -0.05) is 0 Å². The highest BCUT2D eigenvalue weighted by atomic mass is 16.5. The van der Waals surface area contributed by atoms with Crippen molar-refractivity contribution in [3.8, 4) is 0 Å². The van der Waals surface area contributed by atoms with Gasteiger partial charge in [0.05, 0.1) is 36.9 Å². The Balaban J connectivity index is 1.25. The Labute approximate surface area is 182 Å². The maximum Gasteiger partial charge on any atom is 0.261 e. The Kier molecular flexibility index (Phi) is 5.74. The molecule has 1 saturated heterocycles. The molecule has 8 heteroatoms. The topological polar surface area (TPSA) is 68.4 Å². The van der Waals surface area contributed by atoms with Gasteiger partial charge >= 0.3 is 0 Å². The van der Waals surface area contributed by atoms with E-state index >= 15 is 0 Å². The molecule has 0 aliphatic carbocycles. The molecule has 0 bridgehead atoms. The first-order valence-electron chi connectivity index (χ1n) is 11.2. The van der Waals surface area contributed by atoms with Crippen LogP contribution in [0.4, 0.5) is 5.69 Å². The van der Waals surface area contributed by atoms with Crippen molar-refractivity contribution in [2.45, 2.75) is 38.9 Å². The van der Waals surface area contributed by atoms with Gasteiger partial charge in [0, 0.05) is 57.4 Å². The highest BCUT2D eigenvalue weighted by Gasteiger charge is 2.21. The van der Waals surface area contributed by atoms with E-state index in [4.69, 9.17) is 9.72 Å². The zero-order valence-corrected chi connectivity index (χ0v) is 18.2. The predicted octanol–water partition coefficient (Wildman–Crippen LogP) is 1.90. The van der Waals surface area contributed by atoms with Gasteiger partial charge in [-0.25, -0.2) is 9.97 Å². The first kappa shape index (κ1) is 20.2. The third-order valence-electron chi connectivity index (χ3n) is 6.53. The molecule has 8 nitrogen and oxygen atoms in total. The second kappa shape index (κ2) is 8.80. The van der Waals surface area contributed by atoms with Gasteiger partial charge in [-0.2, -0.15) is 0 Å². The SMILES string of the molecule is COCCn1cnc2cc(N3CCN(Cc4ncc5n4CCCC5)CC3)ccc2c1=O. The number of anilines is 1. The van der Waals surface area contributed by atoms with E-state index in [-0.39, 0.29) is 5.56 Å². The fraction of sp³-hybridized carbons (Fsp3) is 0.522. The molecule has 1 aromatic carbocycles. The standard InChI is InChI=1S/C23H30N6O2/c1-31-13-12-28-17-25-21-14-18(5-6-20(21)23(28)30)27-10-8-26(9-11-27)16-22-24-15-19-4-2-3-7-29(19)22/h5-6,14-15,17H,2-4,7-13,16H2,1H3. The number of aryl methyl sites for hydroxylation is 1. The summed E-state index contributed by atoms with van der Waals surface area (Å²) in [5, 5.41) is 0.657. The number of ether oxygens (including phenoxy) is 1. The predicted molar refractivity (Wildman–Crippen MR) is 121 cm³/mol. The fourth-order valence-corrected chi connectivity index (χ4v) is 4.69. The number of imidazole rings is 1. The van der Waals surface area contributed by atoms with Gasteiger partial charge in [0.15, 0.2) is 0 Å². The quantitative estimate of drug-likeness (QED) is 0.604. The van der Waals surface area contributed by atoms with E-state index in [2.05, 4.69) is 25.5 Å². The molecule has 0 atom stereocenters. The lowest BCUT2D eigenvalue weighted by Gasteiger charge is -2.36. The van der Waals surface area contributed by atoms with Crippen molar-refractivity contribution in [1.82, 2.24) is 24.0 Å². The van der Waals surface area contributed by atoms with E-state index in [9.17, 15) is 4.79 Å². The van der Waals surface area contributed by atoms with Gasteiger partial charge in [0.1, 0.15) is 5.82 Å². The zero-order chi connectivity index (χ0) is 21.2. The number of rotatable bonds is 6. The second-order valence-electron chi connectivity index (χ2n) is 8.48. The van der Waals surface area contributed by atoms with Crippen LogP contribution in [0, 0.1) is 0 Å². The summed E-state index contributed by atoms with van der Waals surface area (Å²) in [6.07, 6.45) is 7.39. The van der Waals surface area contributed by atoms with Crippen molar-refractivity contribution in [2.75, 3.05) is 44.8 Å². The van der Waals surface area contributed by atoms with Crippen LogP contribution in [0.25, 0.3) is 10.9 Å². The van der Waals surface area contributed by atoms with Crippen molar-refractivity contribution in [3.05, 3.63) is 52.6 Å². The number of fused-ring (bicyclic) bond motifs is 2. The number of hydrogen-bond acceptors (Lipinski definition) is 6. The number of nitrogens with zero attached hydrogens (tertiary/aromatic N) is 6. The van der Waals surface area contributed by atoms with Crippen molar-refractivity contribution >= 4 is 16.6 Å². The average molecular weight is 423 g/mol. The van der Waals surface area contributed by atoms with Crippen LogP contribution in [0.1, 0.15) is 24.4 Å². The lowest BCUT2D eigenvalue weighted by atomic mass is 10.1. The van der Waals surface area contributed by atoms with Crippen LogP contribution in [0.15, 0.2) is 35.5 Å². The summed E-state index contributed by atoms with van der Waals surface area (Å²) < 4.78 is 9.11. The van der Waals surface area contributed by atoms with Crippen molar-refractivity contribution in [2.24, 2.45) is 0 Å². The summed E-state index contributed by atoms with van der Waals surface area (Å²) in [4.78, 5) is 26.7. The number of methoxy groups -OCH3 is 1. The Morgan fingerprint density at radius 1 is 1.06 bits per heavy atom. The normalized spacial score (nSPS) is 17.3. The first-order chi connectivity index (χ1) is 15.2. The summed E-state index contributed by atoms with van der Waals surface area (Å²) in [6, 6.07) is 6.00. The van der Waals surface area contributed by atoms with E-state index < -0.39 is 0 Å². The zero-order valence-electron chi connectivity index (χ0n) is 18.2.